The van der Waals surface area contributed by atoms with Crippen LogP contribution in [0.3, 0.4) is 0 Å². The van der Waals surface area contributed by atoms with Crippen LogP contribution in [0.2, 0.25) is 0 Å². The maximum Gasteiger partial charge on any atom is 0.224 e. The van der Waals surface area contributed by atoms with E-state index >= 15 is 0 Å². The summed E-state index contributed by atoms with van der Waals surface area (Å²) in [6, 6.07) is 9.37. The molecule has 23 heavy (non-hydrogen) atoms. The zero-order valence-electron chi connectivity index (χ0n) is 13.5. The lowest BCUT2D eigenvalue weighted by Gasteiger charge is -2.32. The molecule has 1 fully saturated rings. The molecule has 0 saturated carbocycles. The molecule has 0 radical (unpaired) electrons. The highest BCUT2D eigenvalue weighted by molar-refractivity contribution is 5.85. The van der Waals surface area contributed by atoms with E-state index in [4.69, 9.17) is 5.73 Å². The van der Waals surface area contributed by atoms with Gasteiger partial charge in [0, 0.05) is 20.0 Å². The van der Waals surface area contributed by atoms with Crippen molar-refractivity contribution in [2.24, 2.45) is 11.7 Å². The van der Waals surface area contributed by atoms with Crippen molar-refractivity contribution in [1.29, 1.82) is 0 Å². The Morgan fingerprint density at radius 1 is 1.26 bits per heavy atom. The van der Waals surface area contributed by atoms with Crippen LogP contribution in [-0.2, 0) is 9.59 Å². The van der Waals surface area contributed by atoms with Gasteiger partial charge < -0.3 is 16.0 Å². The fraction of sp³-hybridized carbons (Fsp3) is 0.529. The molecule has 6 heteroatoms. The number of nitrogens with zero attached hydrogens (tertiary/aromatic N) is 1. The van der Waals surface area contributed by atoms with Crippen LogP contribution in [0.4, 0.5) is 0 Å². The second-order valence-corrected chi connectivity index (χ2v) is 5.93. The standard InChI is InChI=1S/C17H25N3O2.ClH/c1-13(21)19-16(15-5-3-2-4-6-15)11-17(22)20-9-7-14(12-18)8-10-20;/h2-6,14,16H,7-12,18H2,1H3,(H,19,21);1H. The Morgan fingerprint density at radius 3 is 2.39 bits per heavy atom. The molecule has 1 unspecified atom stereocenters. The van der Waals surface area contributed by atoms with Gasteiger partial charge in [-0.2, -0.15) is 0 Å². The summed E-state index contributed by atoms with van der Waals surface area (Å²) in [6.45, 7) is 3.71. The van der Waals surface area contributed by atoms with E-state index in [1.165, 1.54) is 6.92 Å². The highest BCUT2D eigenvalue weighted by atomic mass is 35.5. The molecule has 1 atom stereocenters. The van der Waals surface area contributed by atoms with Crippen LogP contribution in [0, 0.1) is 5.92 Å². The number of hydrogen-bond donors (Lipinski definition) is 2. The lowest BCUT2D eigenvalue weighted by molar-refractivity contribution is -0.133. The number of benzene rings is 1. The van der Waals surface area contributed by atoms with Gasteiger partial charge in [0.2, 0.25) is 11.8 Å². The molecule has 0 spiro atoms. The van der Waals surface area contributed by atoms with Gasteiger partial charge in [0.05, 0.1) is 12.5 Å². The summed E-state index contributed by atoms with van der Waals surface area (Å²) < 4.78 is 0. The van der Waals surface area contributed by atoms with Crippen molar-refractivity contribution in [3.63, 3.8) is 0 Å². The van der Waals surface area contributed by atoms with Crippen LogP contribution >= 0.6 is 12.4 Å². The van der Waals surface area contributed by atoms with Gasteiger partial charge in [-0.15, -0.1) is 12.4 Å². The molecule has 2 amide bonds. The SMILES string of the molecule is CC(=O)NC(CC(=O)N1CCC(CN)CC1)c1ccccc1.Cl. The Bertz CT molecular complexity index is 502. The lowest BCUT2D eigenvalue weighted by Crippen LogP contribution is -2.41. The number of nitrogens with one attached hydrogen (secondary N) is 1. The average molecular weight is 340 g/mol. The molecule has 1 aromatic rings. The first-order valence-corrected chi connectivity index (χ1v) is 7.90. The molecule has 5 nitrogen and oxygen atoms in total. The van der Waals surface area contributed by atoms with Crippen molar-refractivity contribution >= 4 is 24.2 Å². The predicted octanol–water partition coefficient (Wildman–Crippen LogP) is 1.87. The third kappa shape index (κ3) is 5.84. The lowest BCUT2D eigenvalue weighted by atomic mass is 9.96. The van der Waals surface area contributed by atoms with E-state index in [-0.39, 0.29) is 30.3 Å². The van der Waals surface area contributed by atoms with Gasteiger partial charge in [-0.1, -0.05) is 30.3 Å². The third-order valence-corrected chi connectivity index (χ3v) is 4.26. The van der Waals surface area contributed by atoms with Crippen molar-refractivity contribution in [1.82, 2.24) is 10.2 Å². The Hall–Kier alpha value is -1.59. The van der Waals surface area contributed by atoms with Crippen LogP contribution in [0.15, 0.2) is 30.3 Å². The van der Waals surface area contributed by atoms with E-state index in [2.05, 4.69) is 5.32 Å². The van der Waals surface area contributed by atoms with Crippen LogP contribution in [0.5, 0.6) is 0 Å². The minimum Gasteiger partial charge on any atom is -0.349 e. The van der Waals surface area contributed by atoms with Crippen LogP contribution in [-0.4, -0.2) is 36.3 Å². The smallest absolute Gasteiger partial charge is 0.224 e. The van der Waals surface area contributed by atoms with Gasteiger partial charge in [-0.3, -0.25) is 9.59 Å². The largest absolute Gasteiger partial charge is 0.349 e. The summed E-state index contributed by atoms with van der Waals surface area (Å²) >= 11 is 0. The number of amides is 2. The maximum atomic E-state index is 12.5. The first kappa shape index (κ1) is 19.5. The fourth-order valence-electron chi connectivity index (χ4n) is 2.90. The van der Waals surface area contributed by atoms with Crippen molar-refractivity contribution in [2.75, 3.05) is 19.6 Å². The predicted molar refractivity (Wildman–Crippen MR) is 93.2 cm³/mol. The van der Waals surface area contributed by atoms with Gasteiger partial charge in [-0.05, 0) is 30.9 Å². The van der Waals surface area contributed by atoms with Crippen LogP contribution < -0.4 is 11.1 Å². The molecule has 0 aliphatic carbocycles. The van der Waals surface area contributed by atoms with E-state index in [0.29, 0.717) is 18.9 Å². The van der Waals surface area contributed by atoms with E-state index in [1.54, 1.807) is 0 Å². The number of halogens is 1. The van der Waals surface area contributed by atoms with Crippen LogP contribution in [0.25, 0.3) is 0 Å². The number of carbonyl (C=O) groups is 2. The molecule has 1 heterocycles. The summed E-state index contributed by atoms with van der Waals surface area (Å²) in [5, 5.41) is 2.88. The second-order valence-electron chi connectivity index (χ2n) is 5.93. The topological polar surface area (TPSA) is 75.4 Å². The third-order valence-electron chi connectivity index (χ3n) is 4.26. The zero-order valence-corrected chi connectivity index (χ0v) is 14.3. The number of nitrogens with two attached hydrogens (primary N) is 1. The quantitative estimate of drug-likeness (QED) is 0.860. The Labute approximate surface area is 144 Å². The normalized spacial score (nSPS) is 16.3. The van der Waals surface area contributed by atoms with E-state index in [0.717, 1.165) is 31.5 Å². The summed E-state index contributed by atoms with van der Waals surface area (Å²) in [5.41, 5.74) is 6.65. The molecular formula is C17H26ClN3O2. The number of carbonyl (C=O) groups excluding carboxylic acids is 2. The summed E-state index contributed by atoms with van der Waals surface area (Å²) in [7, 11) is 0. The minimum absolute atomic E-state index is 0. The number of hydrogen-bond acceptors (Lipinski definition) is 3. The van der Waals surface area contributed by atoms with Crippen molar-refractivity contribution in [3.8, 4) is 0 Å². The van der Waals surface area contributed by atoms with Gasteiger partial charge in [0.1, 0.15) is 0 Å². The summed E-state index contributed by atoms with van der Waals surface area (Å²) in [6.07, 6.45) is 2.24. The Kier molecular flexibility index (Phi) is 8.06. The highest BCUT2D eigenvalue weighted by Crippen LogP contribution is 2.21. The van der Waals surface area contributed by atoms with Gasteiger partial charge in [0.15, 0.2) is 0 Å². The van der Waals surface area contributed by atoms with Gasteiger partial charge in [-0.25, -0.2) is 0 Å². The van der Waals surface area contributed by atoms with E-state index < -0.39 is 0 Å². The van der Waals surface area contributed by atoms with Gasteiger partial charge in [0.25, 0.3) is 0 Å². The number of rotatable bonds is 5. The zero-order chi connectivity index (χ0) is 15.9. The molecule has 2 rings (SSSR count). The van der Waals surface area contributed by atoms with E-state index in [9.17, 15) is 9.59 Å². The molecule has 1 aliphatic heterocycles. The monoisotopic (exact) mass is 339 g/mol. The fourth-order valence-corrected chi connectivity index (χ4v) is 2.90. The van der Waals surface area contributed by atoms with Gasteiger partial charge >= 0.3 is 0 Å². The van der Waals surface area contributed by atoms with Crippen molar-refractivity contribution in [2.45, 2.75) is 32.2 Å². The molecule has 1 saturated heterocycles. The van der Waals surface area contributed by atoms with E-state index in [1.807, 2.05) is 35.2 Å². The molecule has 0 bridgehead atoms. The second kappa shape index (κ2) is 9.53. The maximum absolute atomic E-state index is 12.5. The highest BCUT2D eigenvalue weighted by Gasteiger charge is 2.25. The van der Waals surface area contributed by atoms with Crippen LogP contribution in [0.1, 0.15) is 37.8 Å². The average Bonchev–Trinajstić information content (AvgIpc) is 2.54. The molecule has 128 valence electrons. The Balaban J connectivity index is 0.00000264. The molecular weight excluding hydrogens is 314 g/mol. The number of likely N-dealkylation sites (tertiary alicyclic amines) is 1. The van der Waals surface area contributed by atoms with Crippen molar-refractivity contribution < 1.29 is 9.59 Å². The molecule has 1 aliphatic rings. The molecule has 0 aromatic heterocycles. The summed E-state index contributed by atoms with van der Waals surface area (Å²) in [4.78, 5) is 25.8. The van der Waals surface area contributed by atoms with Crippen molar-refractivity contribution in [3.05, 3.63) is 35.9 Å². The number of piperidine rings is 1. The first-order chi connectivity index (χ1) is 10.6. The summed E-state index contributed by atoms with van der Waals surface area (Å²) in [5.74, 6) is 0.505. The minimum atomic E-state index is -0.265. The first-order valence-electron chi connectivity index (χ1n) is 7.90. The Morgan fingerprint density at radius 2 is 1.87 bits per heavy atom. The molecule has 3 N–H and O–H groups in total. The molecule has 1 aromatic carbocycles.